The van der Waals surface area contributed by atoms with E-state index in [4.69, 9.17) is 0 Å². The number of benzene rings is 2. The standard InChI is InChI=1S/C34H47F/c1-3-4-6-11-32-22-23-33(25-34(32)35)31-20-18-28(19-21-31)13-12-27-14-16-29(17-15-27)24-26(2)30-9-7-5-8-10-30/h3-5,7-10,22-23,25-29,31H,6,11-21,24H2,1-2H3/b4-3+/t26-,27?,28?,29?,31?/m0/s1. The monoisotopic (exact) mass is 474 g/mol. The molecule has 2 aliphatic rings. The second kappa shape index (κ2) is 13.4. The number of rotatable bonds is 10. The summed E-state index contributed by atoms with van der Waals surface area (Å²) in [4.78, 5) is 0. The van der Waals surface area contributed by atoms with Crippen LogP contribution in [0.1, 0.15) is 119 Å². The molecule has 0 unspecified atom stereocenters. The third-order valence-corrected chi connectivity index (χ3v) is 9.22. The van der Waals surface area contributed by atoms with Crippen LogP contribution in [0.15, 0.2) is 60.7 Å². The van der Waals surface area contributed by atoms with Crippen LogP contribution in [0.4, 0.5) is 4.39 Å². The number of hydrogen-bond donors (Lipinski definition) is 0. The number of allylic oxidation sites excluding steroid dienone is 2. The Morgan fingerprint density at radius 1 is 0.829 bits per heavy atom. The normalized spacial score (nSPS) is 26.1. The zero-order valence-electron chi connectivity index (χ0n) is 22.2. The Bertz CT molecular complexity index is 897. The maximum Gasteiger partial charge on any atom is 0.126 e. The predicted octanol–water partition coefficient (Wildman–Crippen LogP) is 10.4. The van der Waals surface area contributed by atoms with Gasteiger partial charge in [-0.2, -0.15) is 0 Å². The lowest BCUT2D eigenvalue weighted by molar-refractivity contribution is 0.220. The van der Waals surface area contributed by atoms with E-state index >= 15 is 0 Å². The molecule has 0 nitrogen and oxygen atoms in total. The highest BCUT2D eigenvalue weighted by Gasteiger charge is 2.26. The largest absolute Gasteiger partial charge is 0.207 e. The van der Waals surface area contributed by atoms with Gasteiger partial charge >= 0.3 is 0 Å². The lowest BCUT2D eigenvalue weighted by Gasteiger charge is -2.33. The van der Waals surface area contributed by atoms with Crippen LogP contribution in [0.25, 0.3) is 0 Å². The van der Waals surface area contributed by atoms with Crippen molar-refractivity contribution < 1.29 is 4.39 Å². The Labute approximate surface area is 214 Å². The summed E-state index contributed by atoms with van der Waals surface area (Å²) in [6, 6.07) is 17.2. The van der Waals surface area contributed by atoms with Gasteiger partial charge in [-0.3, -0.25) is 0 Å². The minimum absolute atomic E-state index is 0.00268. The van der Waals surface area contributed by atoms with E-state index in [1.54, 1.807) is 0 Å². The first-order valence-corrected chi connectivity index (χ1v) is 14.6. The maximum atomic E-state index is 14.6. The Kier molecular flexibility index (Phi) is 10.0. The van der Waals surface area contributed by atoms with Crippen LogP contribution in [-0.4, -0.2) is 0 Å². The van der Waals surface area contributed by atoms with Crippen LogP contribution < -0.4 is 0 Å². The Morgan fingerprint density at radius 2 is 1.46 bits per heavy atom. The molecule has 0 aliphatic heterocycles. The summed E-state index contributed by atoms with van der Waals surface area (Å²) in [5, 5.41) is 0. The van der Waals surface area contributed by atoms with Gasteiger partial charge in [0.1, 0.15) is 5.82 Å². The molecule has 2 aromatic carbocycles. The first-order valence-electron chi connectivity index (χ1n) is 14.6. The molecule has 0 N–H and O–H groups in total. The van der Waals surface area contributed by atoms with Crippen LogP contribution in [0, 0.1) is 23.6 Å². The quantitative estimate of drug-likeness (QED) is 0.300. The molecule has 0 radical (unpaired) electrons. The summed E-state index contributed by atoms with van der Waals surface area (Å²) >= 11 is 0. The molecule has 35 heavy (non-hydrogen) atoms. The summed E-state index contributed by atoms with van der Waals surface area (Å²) in [6.07, 6.45) is 21.0. The van der Waals surface area contributed by atoms with Crippen molar-refractivity contribution in [1.82, 2.24) is 0 Å². The second-order valence-corrected chi connectivity index (χ2v) is 11.7. The molecule has 0 saturated heterocycles. The minimum atomic E-state index is 0.00268. The zero-order valence-corrected chi connectivity index (χ0v) is 22.2. The van der Waals surface area contributed by atoms with Crippen molar-refractivity contribution in [2.45, 2.75) is 109 Å². The molecule has 2 aromatic rings. The minimum Gasteiger partial charge on any atom is -0.207 e. The van der Waals surface area contributed by atoms with Crippen molar-refractivity contribution in [2.24, 2.45) is 17.8 Å². The van der Waals surface area contributed by atoms with E-state index in [1.807, 2.05) is 25.1 Å². The van der Waals surface area contributed by atoms with Gasteiger partial charge in [-0.15, -0.1) is 0 Å². The molecule has 0 heterocycles. The van der Waals surface area contributed by atoms with E-state index in [-0.39, 0.29) is 5.82 Å². The number of hydrogen-bond acceptors (Lipinski definition) is 0. The average molecular weight is 475 g/mol. The van der Waals surface area contributed by atoms with E-state index in [9.17, 15) is 4.39 Å². The smallest absolute Gasteiger partial charge is 0.126 e. The van der Waals surface area contributed by atoms with Crippen LogP contribution in [0.5, 0.6) is 0 Å². The molecule has 190 valence electrons. The van der Waals surface area contributed by atoms with Crippen molar-refractivity contribution >= 4 is 0 Å². The molecule has 1 atom stereocenters. The molecule has 0 aromatic heterocycles. The molecule has 1 heteroatoms. The first-order chi connectivity index (χ1) is 17.1. The molecule has 0 amide bonds. The third kappa shape index (κ3) is 7.80. The maximum absolute atomic E-state index is 14.6. The Balaban J connectivity index is 1.14. The van der Waals surface area contributed by atoms with Crippen molar-refractivity contribution in [1.29, 1.82) is 0 Å². The molecule has 0 bridgehead atoms. The summed E-state index contributed by atoms with van der Waals surface area (Å²) in [7, 11) is 0. The highest BCUT2D eigenvalue weighted by molar-refractivity contribution is 5.28. The summed E-state index contributed by atoms with van der Waals surface area (Å²) in [5.41, 5.74) is 3.61. The van der Waals surface area contributed by atoms with Crippen molar-refractivity contribution in [2.75, 3.05) is 0 Å². The van der Waals surface area contributed by atoms with Gasteiger partial charge in [0.15, 0.2) is 0 Å². The van der Waals surface area contributed by atoms with Crippen molar-refractivity contribution in [3.63, 3.8) is 0 Å². The van der Waals surface area contributed by atoms with Crippen molar-refractivity contribution in [3.8, 4) is 0 Å². The second-order valence-electron chi connectivity index (χ2n) is 11.7. The Hall–Kier alpha value is -1.89. The lowest BCUT2D eigenvalue weighted by atomic mass is 9.73. The Morgan fingerprint density at radius 3 is 2.09 bits per heavy atom. The molecular weight excluding hydrogens is 427 g/mol. The molecule has 2 saturated carbocycles. The van der Waals surface area contributed by atoms with E-state index in [1.165, 1.54) is 81.8 Å². The summed E-state index contributed by atoms with van der Waals surface area (Å²) in [5.74, 6) is 4.03. The van der Waals surface area contributed by atoms with E-state index in [2.05, 4.69) is 49.4 Å². The lowest BCUT2D eigenvalue weighted by Crippen LogP contribution is -2.18. The first kappa shape index (κ1) is 26.2. The van der Waals surface area contributed by atoms with Gasteiger partial charge in [-0.25, -0.2) is 4.39 Å². The molecule has 0 spiro atoms. The highest BCUT2D eigenvalue weighted by atomic mass is 19.1. The number of halogens is 1. The van der Waals surface area contributed by atoms with Gasteiger partial charge in [0.05, 0.1) is 0 Å². The van der Waals surface area contributed by atoms with E-state index < -0.39 is 0 Å². The van der Waals surface area contributed by atoms with Crippen LogP contribution in [0.3, 0.4) is 0 Å². The van der Waals surface area contributed by atoms with Crippen LogP contribution in [-0.2, 0) is 6.42 Å². The zero-order chi connectivity index (χ0) is 24.5. The fraction of sp³-hybridized carbons (Fsp3) is 0.588. The highest BCUT2D eigenvalue weighted by Crippen LogP contribution is 2.41. The van der Waals surface area contributed by atoms with E-state index in [0.717, 1.165) is 36.2 Å². The summed E-state index contributed by atoms with van der Waals surface area (Å²) < 4.78 is 14.6. The summed E-state index contributed by atoms with van der Waals surface area (Å²) in [6.45, 7) is 4.43. The fourth-order valence-electron chi connectivity index (χ4n) is 6.86. The topological polar surface area (TPSA) is 0 Å². The van der Waals surface area contributed by atoms with Crippen molar-refractivity contribution in [3.05, 3.63) is 83.2 Å². The molecular formula is C34H47F. The number of aryl methyl sites for hydroxylation is 1. The van der Waals surface area contributed by atoms with Gasteiger partial charge in [-0.05, 0) is 104 Å². The third-order valence-electron chi connectivity index (χ3n) is 9.22. The van der Waals surface area contributed by atoms with Crippen LogP contribution in [0.2, 0.25) is 0 Å². The molecule has 4 rings (SSSR count). The van der Waals surface area contributed by atoms with Crippen LogP contribution >= 0.6 is 0 Å². The van der Waals surface area contributed by atoms with Gasteiger partial charge in [-0.1, -0.05) is 100 Å². The SMILES string of the molecule is C/C=C/CCc1ccc(C2CCC(CCC3CCC(C[C@H](C)c4ccccc4)CC3)CC2)cc1F. The molecule has 2 fully saturated rings. The fourth-order valence-corrected chi connectivity index (χ4v) is 6.86. The average Bonchev–Trinajstić information content (AvgIpc) is 2.90. The van der Waals surface area contributed by atoms with E-state index in [0.29, 0.717) is 11.8 Å². The van der Waals surface area contributed by atoms with Gasteiger partial charge in [0.2, 0.25) is 0 Å². The van der Waals surface area contributed by atoms with Gasteiger partial charge in [0, 0.05) is 0 Å². The van der Waals surface area contributed by atoms with Gasteiger partial charge in [0.25, 0.3) is 0 Å². The van der Waals surface area contributed by atoms with Gasteiger partial charge < -0.3 is 0 Å². The predicted molar refractivity (Wildman–Crippen MR) is 148 cm³/mol. The molecule has 2 aliphatic carbocycles.